The molecule has 0 saturated heterocycles. The predicted octanol–water partition coefficient (Wildman–Crippen LogP) is 2.47. The molecule has 5 unspecified atom stereocenters. The second-order valence-electron chi connectivity index (χ2n) is 13.0. The van der Waals surface area contributed by atoms with Crippen LogP contribution in [0.15, 0.2) is 0 Å². The lowest BCUT2D eigenvalue weighted by molar-refractivity contribution is -0.268. The zero-order valence-electron chi connectivity index (χ0n) is 21.0. The van der Waals surface area contributed by atoms with Gasteiger partial charge in [0.15, 0.2) is 0 Å². The smallest absolute Gasteiger partial charge is 0.0985 e. The molecule has 0 aliphatic heterocycles. The summed E-state index contributed by atoms with van der Waals surface area (Å²) < 4.78 is 0. The van der Waals surface area contributed by atoms with Gasteiger partial charge in [-0.1, -0.05) is 40.5 Å². The highest BCUT2D eigenvalue weighted by molar-refractivity contribution is 5.19. The Morgan fingerprint density at radius 1 is 0.939 bits per heavy atom. The molecule has 0 bridgehead atoms. The van der Waals surface area contributed by atoms with Crippen molar-refractivity contribution in [2.75, 3.05) is 6.61 Å². The molecule has 6 heteroatoms. The van der Waals surface area contributed by atoms with E-state index >= 15 is 0 Å². The van der Waals surface area contributed by atoms with Crippen LogP contribution in [0.3, 0.4) is 0 Å². The van der Waals surface area contributed by atoms with Gasteiger partial charge in [-0.3, -0.25) is 0 Å². The summed E-state index contributed by atoms with van der Waals surface area (Å²) in [5, 5.41) is 65.0. The van der Waals surface area contributed by atoms with Gasteiger partial charge in [-0.05, 0) is 79.4 Å². The number of hydrogen-bond acceptors (Lipinski definition) is 6. The number of hydrogen-bond donors (Lipinski definition) is 6. The Kier molecular flexibility index (Phi) is 7.05. The van der Waals surface area contributed by atoms with Crippen molar-refractivity contribution in [3.8, 4) is 0 Å². The number of aliphatic hydroxyl groups is 6. The second-order valence-corrected chi connectivity index (χ2v) is 13.0. The summed E-state index contributed by atoms with van der Waals surface area (Å²) in [7, 11) is 0. The first kappa shape index (κ1) is 25.8. The molecule has 13 atom stereocenters. The van der Waals surface area contributed by atoms with Crippen LogP contribution >= 0.6 is 0 Å². The van der Waals surface area contributed by atoms with Gasteiger partial charge in [-0.15, -0.1) is 0 Å². The topological polar surface area (TPSA) is 121 Å². The third-order valence-electron chi connectivity index (χ3n) is 11.3. The molecule has 192 valence electrons. The van der Waals surface area contributed by atoms with Crippen molar-refractivity contribution in [3.63, 3.8) is 0 Å². The minimum Gasteiger partial charge on any atom is -0.396 e. The molecular weight excluding hydrogens is 420 g/mol. The van der Waals surface area contributed by atoms with Crippen molar-refractivity contribution in [3.05, 3.63) is 0 Å². The first-order chi connectivity index (χ1) is 15.4. The molecule has 0 heterocycles. The first-order valence-electron chi connectivity index (χ1n) is 13.5. The highest BCUT2D eigenvalue weighted by Crippen LogP contribution is 2.69. The zero-order valence-corrected chi connectivity index (χ0v) is 21.0. The number of fused-ring (bicyclic) bond motifs is 5. The van der Waals surface area contributed by atoms with E-state index in [0.717, 1.165) is 32.1 Å². The molecule has 0 amide bonds. The van der Waals surface area contributed by atoms with E-state index < -0.39 is 35.4 Å². The Bertz CT molecular complexity index is 702. The van der Waals surface area contributed by atoms with Gasteiger partial charge in [0.1, 0.15) is 0 Å². The standard InChI is InChI=1S/C27H48O6/c1-15(14-28)6-5-7-16(2)21-23(31)24(32)22-18-12-20(30)27(33)13-17(29)8-11-26(27,4)19(18)9-10-25(21,22)3/h15-24,28-33H,5-14H2,1-4H3/t15-,16?,17-,18+,19?,20+,21-,22?,23+,24?,25+,26+,27?/m0/s1. The molecule has 33 heavy (non-hydrogen) atoms. The van der Waals surface area contributed by atoms with Crippen LogP contribution in [0.25, 0.3) is 0 Å². The lowest BCUT2D eigenvalue weighted by Gasteiger charge is -2.65. The van der Waals surface area contributed by atoms with Gasteiger partial charge in [0.05, 0.1) is 30.0 Å². The molecule has 4 fully saturated rings. The fourth-order valence-corrected chi connectivity index (χ4v) is 9.43. The third-order valence-corrected chi connectivity index (χ3v) is 11.3. The normalized spacial score (nSPS) is 53.6. The lowest BCUT2D eigenvalue weighted by Crippen LogP contribution is -2.69. The van der Waals surface area contributed by atoms with Crippen molar-refractivity contribution in [2.45, 2.75) is 115 Å². The van der Waals surface area contributed by atoms with Gasteiger partial charge in [0.25, 0.3) is 0 Å². The molecule has 4 aliphatic rings. The molecule has 4 saturated carbocycles. The lowest BCUT2D eigenvalue weighted by atomic mass is 9.42. The fraction of sp³-hybridized carbons (Fsp3) is 1.00. The average Bonchev–Trinajstić information content (AvgIpc) is 2.95. The minimum atomic E-state index is -1.29. The van der Waals surface area contributed by atoms with Crippen LogP contribution in [0, 0.1) is 46.3 Å². The van der Waals surface area contributed by atoms with Gasteiger partial charge in [-0.2, -0.15) is 0 Å². The molecule has 6 nitrogen and oxygen atoms in total. The van der Waals surface area contributed by atoms with E-state index in [9.17, 15) is 30.6 Å². The van der Waals surface area contributed by atoms with E-state index in [4.69, 9.17) is 0 Å². The highest BCUT2D eigenvalue weighted by atomic mass is 16.3. The number of rotatable bonds is 6. The van der Waals surface area contributed by atoms with Crippen LogP contribution < -0.4 is 0 Å². The van der Waals surface area contributed by atoms with Gasteiger partial charge in [0, 0.05) is 18.4 Å². The largest absolute Gasteiger partial charge is 0.396 e. The van der Waals surface area contributed by atoms with E-state index in [-0.39, 0.29) is 54.0 Å². The van der Waals surface area contributed by atoms with Crippen LogP contribution in [0.5, 0.6) is 0 Å². The third kappa shape index (κ3) is 3.82. The van der Waals surface area contributed by atoms with Crippen molar-refractivity contribution in [1.29, 1.82) is 0 Å². The number of aliphatic hydroxyl groups excluding tert-OH is 5. The van der Waals surface area contributed by atoms with Crippen LogP contribution in [-0.2, 0) is 0 Å². The monoisotopic (exact) mass is 468 g/mol. The molecule has 0 aromatic carbocycles. The summed E-state index contributed by atoms with van der Waals surface area (Å²) in [6.07, 6.45) is 3.59. The van der Waals surface area contributed by atoms with Crippen molar-refractivity contribution >= 4 is 0 Å². The first-order valence-corrected chi connectivity index (χ1v) is 13.5. The van der Waals surface area contributed by atoms with Gasteiger partial charge in [-0.25, -0.2) is 0 Å². The SMILES string of the molecule is CC(CCC[C@H](C)CO)[C@H]1[C@@H](O)C(O)C2[C@@H]3C[C@@H](O)C4(O)C[C@@H](O)CC[C@]4(C)C3CC[C@@]21C. The van der Waals surface area contributed by atoms with Crippen LogP contribution in [-0.4, -0.2) is 67.3 Å². The van der Waals surface area contributed by atoms with Crippen molar-refractivity contribution in [2.24, 2.45) is 46.3 Å². The van der Waals surface area contributed by atoms with E-state index in [1.54, 1.807) is 0 Å². The summed E-state index contributed by atoms with van der Waals surface area (Å²) in [5.74, 6) is 0.665. The summed E-state index contributed by atoms with van der Waals surface area (Å²) in [5.41, 5.74) is -2.00. The second kappa shape index (κ2) is 9.01. The summed E-state index contributed by atoms with van der Waals surface area (Å²) in [6.45, 7) is 8.78. The average molecular weight is 469 g/mol. The molecule has 4 rings (SSSR count). The van der Waals surface area contributed by atoms with Gasteiger partial charge >= 0.3 is 0 Å². The Morgan fingerprint density at radius 2 is 1.64 bits per heavy atom. The van der Waals surface area contributed by atoms with E-state index in [1.165, 1.54) is 0 Å². The van der Waals surface area contributed by atoms with Crippen LogP contribution in [0.2, 0.25) is 0 Å². The van der Waals surface area contributed by atoms with E-state index in [2.05, 4.69) is 27.7 Å². The maximum atomic E-state index is 11.6. The molecule has 6 N–H and O–H groups in total. The Hall–Kier alpha value is -0.240. The maximum Gasteiger partial charge on any atom is 0.0985 e. The van der Waals surface area contributed by atoms with E-state index in [0.29, 0.717) is 19.3 Å². The van der Waals surface area contributed by atoms with Gasteiger partial charge in [0.2, 0.25) is 0 Å². The maximum absolute atomic E-state index is 11.6. The highest BCUT2D eigenvalue weighted by Gasteiger charge is 2.70. The van der Waals surface area contributed by atoms with E-state index in [1.807, 2.05) is 0 Å². The van der Waals surface area contributed by atoms with Crippen LogP contribution in [0.1, 0.15) is 85.5 Å². The summed E-state index contributed by atoms with van der Waals surface area (Å²) in [6, 6.07) is 0. The fourth-order valence-electron chi connectivity index (χ4n) is 9.43. The molecule has 0 aromatic heterocycles. The Balaban J connectivity index is 1.58. The van der Waals surface area contributed by atoms with Crippen molar-refractivity contribution < 1.29 is 30.6 Å². The molecular formula is C27H48O6. The van der Waals surface area contributed by atoms with Crippen molar-refractivity contribution in [1.82, 2.24) is 0 Å². The summed E-state index contributed by atoms with van der Waals surface area (Å²) in [4.78, 5) is 0. The van der Waals surface area contributed by atoms with Crippen LogP contribution in [0.4, 0.5) is 0 Å². The molecule has 4 aliphatic carbocycles. The molecule has 0 spiro atoms. The quantitative estimate of drug-likeness (QED) is 0.356. The Morgan fingerprint density at radius 3 is 2.30 bits per heavy atom. The predicted molar refractivity (Wildman–Crippen MR) is 126 cm³/mol. The molecule has 0 radical (unpaired) electrons. The zero-order chi connectivity index (χ0) is 24.3. The summed E-state index contributed by atoms with van der Waals surface area (Å²) >= 11 is 0. The van der Waals surface area contributed by atoms with Gasteiger partial charge < -0.3 is 30.6 Å². The molecule has 0 aromatic rings. The Labute approximate surface area is 199 Å². The minimum absolute atomic E-state index is 0.00169.